The van der Waals surface area contributed by atoms with Crippen LogP contribution in [-0.2, 0) is 22.4 Å². The molecular weight excluding hydrogens is 465 g/mol. The average molecular weight is 490 g/mol. The van der Waals surface area contributed by atoms with Crippen molar-refractivity contribution in [3.63, 3.8) is 0 Å². The van der Waals surface area contributed by atoms with Crippen LogP contribution in [0, 0.1) is 5.92 Å². The van der Waals surface area contributed by atoms with Crippen LogP contribution in [0.15, 0.2) is 42.9 Å². The van der Waals surface area contributed by atoms with Crippen LogP contribution in [0.4, 0.5) is 13.2 Å². The van der Waals surface area contributed by atoms with Crippen molar-refractivity contribution in [3.8, 4) is 5.75 Å². The Hall–Kier alpha value is -3.63. The fourth-order valence-corrected chi connectivity index (χ4v) is 4.53. The molecule has 1 N–H and O–H groups in total. The number of nitrogens with zero attached hydrogens (tertiary/aromatic N) is 4. The molecule has 1 aliphatic rings. The van der Waals surface area contributed by atoms with Gasteiger partial charge in [-0.25, -0.2) is 9.97 Å². The molecule has 2 unspecified atom stereocenters. The maximum Gasteiger partial charge on any atom is 0.406 e. The summed E-state index contributed by atoms with van der Waals surface area (Å²) in [6.45, 7) is 0.548. The second kappa shape index (κ2) is 9.93. The number of hydrogen-bond acceptors (Lipinski definition) is 5. The van der Waals surface area contributed by atoms with Crippen LogP contribution in [0.5, 0.6) is 5.75 Å². The molecule has 2 atom stereocenters. The Morgan fingerprint density at radius 3 is 2.80 bits per heavy atom. The molecule has 0 radical (unpaired) electrons. The van der Waals surface area contributed by atoms with Crippen molar-refractivity contribution >= 4 is 17.7 Å². The summed E-state index contributed by atoms with van der Waals surface area (Å²) in [6, 6.07) is 6.02. The van der Waals surface area contributed by atoms with Gasteiger partial charge in [0.15, 0.2) is 0 Å². The molecule has 11 heteroatoms. The first-order chi connectivity index (χ1) is 16.6. The Morgan fingerprint density at radius 2 is 2.11 bits per heavy atom. The van der Waals surface area contributed by atoms with Gasteiger partial charge in [0.2, 0.25) is 11.7 Å². The molecule has 1 aromatic carbocycles. The van der Waals surface area contributed by atoms with Crippen molar-refractivity contribution in [1.29, 1.82) is 0 Å². The molecule has 1 amide bonds. The first-order valence-corrected chi connectivity index (χ1v) is 11.3. The van der Waals surface area contributed by atoms with Crippen molar-refractivity contribution in [2.45, 2.75) is 44.8 Å². The molecule has 0 aliphatic carbocycles. The summed E-state index contributed by atoms with van der Waals surface area (Å²) in [4.78, 5) is 33.7. The highest BCUT2D eigenvalue weighted by atomic mass is 19.4. The van der Waals surface area contributed by atoms with Gasteiger partial charge >= 0.3 is 12.1 Å². The highest BCUT2D eigenvalue weighted by Crippen LogP contribution is 2.38. The van der Waals surface area contributed by atoms with E-state index in [-0.39, 0.29) is 19.4 Å². The normalized spacial score (nSPS) is 18.4. The number of carbonyl (C=O) groups excluding carboxylic acids is 1. The van der Waals surface area contributed by atoms with Crippen molar-refractivity contribution in [1.82, 2.24) is 19.3 Å². The third kappa shape index (κ3) is 5.72. The maximum atomic E-state index is 13.4. The summed E-state index contributed by atoms with van der Waals surface area (Å²) < 4.78 is 47.7. The maximum absolute atomic E-state index is 13.4. The van der Waals surface area contributed by atoms with E-state index in [1.54, 1.807) is 41.8 Å². The minimum absolute atomic E-state index is 0.0554. The molecule has 35 heavy (non-hydrogen) atoms. The van der Waals surface area contributed by atoms with Gasteiger partial charge in [-0.2, -0.15) is 13.2 Å². The van der Waals surface area contributed by atoms with Crippen LogP contribution in [0.25, 0.3) is 5.78 Å². The lowest BCUT2D eigenvalue weighted by Gasteiger charge is -2.32. The van der Waals surface area contributed by atoms with Gasteiger partial charge in [-0.15, -0.1) is 0 Å². The van der Waals surface area contributed by atoms with E-state index in [9.17, 15) is 27.9 Å². The van der Waals surface area contributed by atoms with Gasteiger partial charge in [0.05, 0.1) is 30.7 Å². The monoisotopic (exact) mass is 490 g/mol. The summed E-state index contributed by atoms with van der Waals surface area (Å²) in [5.74, 6) is -2.06. The van der Waals surface area contributed by atoms with Crippen LogP contribution >= 0.6 is 0 Å². The first kappa shape index (κ1) is 24.5. The van der Waals surface area contributed by atoms with E-state index >= 15 is 0 Å². The van der Waals surface area contributed by atoms with E-state index in [1.807, 2.05) is 12.4 Å². The Bertz CT molecular complexity index is 1190. The third-order valence-corrected chi connectivity index (χ3v) is 6.02. The van der Waals surface area contributed by atoms with Crippen LogP contribution < -0.4 is 4.74 Å². The second-order valence-corrected chi connectivity index (χ2v) is 8.52. The van der Waals surface area contributed by atoms with E-state index in [0.29, 0.717) is 29.1 Å². The molecule has 0 spiro atoms. The number of carbonyl (C=O) groups is 2. The number of amides is 1. The van der Waals surface area contributed by atoms with Gasteiger partial charge in [0.1, 0.15) is 12.3 Å². The Kier molecular flexibility index (Phi) is 6.95. The lowest BCUT2D eigenvalue weighted by atomic mass is 9.92. The van der Waals surface area contributed by atoms with Crippen LogP contribution in [0.1, 0.15) is 42.6 Å². The molecule has 0 saturated heterocycles. The number of aliphatic carboxylic acids is 1. The Balaban J connectivity index is 1.57. The number of alkyl halides is 3. The molecule has 0 bridgehead atoms. The zero-order valence-corrected chi connectivity index (χ0v) is 19.0. The molecule has 0 saturated carbocycles. The fourth-order valence-electron chi connectivity index (χ4n) is 4.53. The zero-order valence-electron chi connectivity index (χ0n) is 19.0. The Morgan fingerprint density at radius 1 is 1.31 bits per heavy atom. The van der Waals surface area contributed by atoms with Gasteiger partial charge < -0.3 is 14.7 Å². The molecule has 3 aromatic rings. The van der Waals surface area contributed by atoms with Crippen molar-refractivity contribution in [2.24, 2.45) is 5.92 Å². The average Bonchev–Trinajstić information content (AvgIpc) is 3.17. The standard InChI is InChI=1S/C24H25F3N4O4/c1-2-20-19-12-18(35-9-6-17-13-30-8-3-7-28-23(30)29-17)5-4-15(19)10-16(11-21(32)33)22(34)31(20)14-24(25,26)27/h3-5,7-8,12-13,16,20H,2,6,9-11,14H2,1H3,(H,32,33). The second-order valence-electron chi connectivity index (χ2n) is 8.52. The number of hydrogen-bond donors (Lipinski definition) is 1. The summed E-state index contributed by atoms with van der Waals surface area (Å²) in [7, 11) is 0. The van der Waals surface area contributed by atoms with Crippen LogP contribution in [0.2, 0.25) is 0 Å². The minimum atomic E-state index is -4.61. The molecule has 2 aromatic heterocycles. The number of aromatic nitrogens is 3. The van der Waals surface area contributed by atoms with E-state index < -0.39 is 43.0 Å². The number of carboxylic acid groups (broad SMARTS) is 1. The van der Waals surface area contributed by atoms with Crippen molar-refractivity contribution in [3.05, 3.63) is 59.7 Å². The van der Waals surface area contributed by atoms with Crippen molar-refractivity contribution < 1.29 is 32.6 Å². The number of imidazole rings is 1. The molecule has 3 heterocycles. The molecule has 186 valence electrons. The van der Waals surface area contributed by atoms with E-state index in [4.69, 9.17) is 4.74 Å². The van der Waals surface area contributed by atoms with Gasteiger partial charge in [0.25, 0.3) is 0 Å². The number of benzene rings is 1. The van der Waals surface area contributed by atoms with E-state index in [1.165, 1.54) is 0 Å². The summed E-state index contributed by atoms with van der Waals surface area (Å²) in [5.41, 5.74) is 1.98. The smallest absolute Gasteiger partial charge is 0.406 e. The summed E-state index contributed by atoms with van der Waals surface area (Å²) in [6.07, 6.45) is 0.981. The predicted molar refractivity (Wildman–Crippen MR) is 119 cm³/mol. The van der Waals surface area contributed by atoms with Crippen molar-refractivity contribution in [2.75, 3.05) is 13.2 Å². The summed E-state index contributed by atoms with van der Waals surface area (Å²) >= 11 is 0. The number of ether oxygens (including phenoxy) is 1. The van der Waals surface area contributed by atoms with Crippen LogP contribution in [0.3, 0.4) is 0 Å². The molecule has 0 fully saturated rings. The topological polar surface area (TPSA) is 97.0 Å². The molecular formula is C24H25F3N4O4. The van der Waals surface area contributed by atoms with Crippen LogP contribution in [-0.4, -0.2) is 55.6 Å². The SMILES string of the molecule is CCC1c2cc(OCCc3cn4cccnc4n3)ccc2CC(CC(=O)O)C(=O)N1CC(F)(F)F. The molecule has 1 aliphatic heterocycles. The number of rotatable bonds is 8. The van der Waals surface area contributed by atoms with Gasteiger partial charge in [-0.1, -0.05) is 13.0 Å². The predicted octanol–water partition coefficient (Wildman–Crippen LogP) is 3.84. The largest absolute Gasteiger partial charge is 0.493 e. The quantitative estimate of drug-likeness (QED) is 0.516. The Labute approximate surface area is 199 Å². The van der Waals surface area contributed by atoms with E-state index in [0.717, 1.165) is 10.6 Å². The fraction of sp³-hybridized carbons (Fsp3) is 0.417. The van der Waals surface area contributed by atoms with Gasteiger partial charge in [-0.05, 0) is 42.2 Å². The lowest BCUT2D eigenvalue weighted by Crippen LogP contribution is -2.43. The number of fused-ring (bicyclic) bond motifs is 2. The zero-order chi connectivity index (χ0) is 25.2. The highest BCUT2D eigenvalue weighted by molar-refractivity contribution is 5.84. The lowest BCUT2D eigenvalue weighted by molar-refractivity contribution is -0.169. The number of halogens is 3. The van der Waals surface area contributed by atoms with Gasteiger partial charge in [0, 0.05) is 25.0 Å². The molecule has 4 rings (SSSR count). The molecule has 8 nitrogen and oxygen atoms in total. The van der Waals surface area contributed by atoms with Gasteiger partial charge in [-0.3, -0.25) is 14.0 Å². The highest BCUT2D eigenvalue weighted by Gasteiger charge is 2.42. The number of carboxylic acids is 1. The van der Waals surface area contributed by atoms with E-state index in [2.05, 4.69) is 9.97 Å². The minimum Gasteiger partial charge on any atom is -0.493 e. The summed E-state index contributed by atoms with van der Waals surface area (Å²) in [5, 5.41) is 9.22. The third-order valence-electron chi connectivity index (χ3n) is 6.02. The first-order valence-electron chi connectivity index (χ1n) is 11.3.